The maximum atomic E-state index is 12.0. The Morgan fingerprint density at radius 3 is 2.50 bits per heavy atom. The highest BCUT2D eigenvalue weighted by Gasteiger charge is 2.14. The van der Waals surface area contributed by atoms with E-state index in [0.29, 0.717) is 10.6 Å². The third kappa shape index (κ3) is 2.38. The number of hydrogen-bond donors (Lipinski definition) is 2. The first-order chi connectivity index (χ1) is 8.59. The van der Waals surface area contributed by atoms with Crippen molar-refractivity contribution in [1.82, 2.24) is 10.2 Å². The number of aromatic amines is 1. The number of rotatable bonds is 3. The molecule has 0 saturated carbocycles. The number of hydrogen-bond acceptors (Lipinski definition) is 3. The van der Waals surface area contributed by atoms with Crippen molar-refractivity contribution in [1.29, 1.82) is 0 Å². The van der Waals surface area contributed by atoms with Crippen molar-refractivity contribution in [2.45, 2.75) is 0 Å². The summed E-state index contributed by atoms with van der Waals surface area (Å²) in [5.74, 6) is -0.133. The fourth-order valence-electron chi connectivity index (χ4n) is 1.53. The van der Waals surface area contributed by atoms with Gasteiger partial charge in [0.2, 0.25) is 0 Å². The average Bonchev–Trinajstić information content (AvgIpc) is 2.91. The fraction of sp³-hybridized carbons (Fsp3) is 0.0833. The van der Waals surface area contributed by atoms with Crippen LogP contribution in [0.4, 0.5) is 5.69 Å². The number of thiocarbonyl (C=S) groups is 1. The summed E-state index contributed by atoms with van der Waals surface area (Å²) in [5, 5.41) is 6.36. The maximum absolute atomic E-state index is 12.0. The lowest BCUT2D eigenvalue weighted by Gasteiger charge is -2.16. The first-order valence-corrected chi connectivity index (χ1v) is 5.67. The number of H-pyrrole nitrogens is 1. The van der Waals surface area contributed by atoms with Gasteiger partial charge in [-0.15, -0.1) is 0 Å². The van der Waals surface area contributed by atoms with E-state index in [1.165, 1.54) is 11.1 Å². The molecular formula is C12H12N4OS. The van der Waals surface area contributed by atoms with Crippen molar-refractivity contribution in [3.05, 3.63) is 47.8 Å². The minimum atomic E-state index is -0.133. The van der Waals surface area contributed by atoms with Crippen molar-refractivity contribution < 1.29 is 4.79 Å². The largest absolute Gasteiger partial charge is 0.389 e. The molecule has 0 spiro atoms. The van der Waals surface area contributed by atoms with Gasteiger partial charge in [-0.3, -0.25) is 9.89 Å². The summed E-state index contributed by atoms with van der Waals surface area (Å²) >= 11 is 4.87. The maximum Gasteiger partial charge on any atom is 0.261 e. The van der Waals surface area contributed by atoms with E-state index >= 15 is 0 Å². The summed E-state index contributed by atoms with van der Waals surface area (Å²) < 4.78 is 0. The molecule has 1 aromatic carbocycles. The zero-order valence-electron chi connectivity index (χ0n) is 9.75. The van der Waals surface area contributed by atoms with Gasteiger partial charge in [-0.1, -0.05) is 12.2 Å². The molecule has 0 aliphatic carbocycles. The monoisotopic (exact) mass is 260 g/mol. The molecule has 92 valence electrons. The van der Waals surface area contributed by atoms with Gasteiger partial charge in [-0.05, 0) is 24.3 Å². The number of carbonyl (C=O) groups excluding carboxylic acids is 1. The summed E-state index contributed by atoms with van der Waals surface area (Å²) in [6.07, 6.45) is 3.05. The van der Waals surface area contributed by atoms with Gasteiger partial charge in [0, 0.05) is 24.5 Å². The Kier molecular flexibility index (Phi) is 3.38. The molecule has 1 aromatic heterocycles. The van der Waals surface area contributed by atoms with Crippen LogP contribution >= 0.6 is 12.2 Å². The number of anilines is 1. The van der Waals surface area contributed by atoms with Crippen molar-refractivity contribution in [2.75, 3.05) is 11.9 Å². The zero-order chi connectivity index (χ0) is 13.1. The van der Waals surface area contributed by atoms with Crippen LogP contribution in [0.2, 0.25) is 0 Å². The molecule has 0 unspecified atom stereocenters. The summed E-state index contributed by atoms with van der Waals surface area (Å²) in [6.45, 7) is 0. The number of benzene rings is 1. The number of carbonyl (C=O) groups is 1. The van der Waals surface area contributed by atoms with Crippen LogP contribution in [-0.2, 0) is 0 Å². The van der Waals surface area contributed by atoms with E-state index < -0.39 is 0 Å². The van der Waals surface area contributed by atoms with Crippen molar-refractivity contribution in [3.63, 3.8) is 0 Å². The van der Waals surface area contributed by atoms with Gasteiger partial charge in [0.15, 0.2) is 0 Å². The highest BCUT2D eigenvalue weighted by Crippen LogP contribution is 2.16. The average molecular weight is 260 g/mol. The number of nitrogens with one attached hydrogen (secondary N) is 1. The molecule has 2 rings (SSSR count). The molecule has 6 heteroatoms. The minimum Gasteiger partial charge on any atom is -0.389 e. The van der Waals surface area contributed by atoms with Crippen LogP contribution in [0.15, 0.2) is 36.7 Å². The SMILES string of the molecule is CN(C(=O)c1cn[nH]c1)c1ccc(C(N)=S)cc1. The van der Waals surface area contributed by atoms with E-state index in [1.807, 2.05) is 0 Å². The van der Waals surface area contributed by atoms with E-state index in [1.54, 1.807) is 37.5 Å². The predicted octanol–water partition coefficient (Wildman–Crippen LogP) is 1.32. The highest BCUT2D eigenvalue weighted by molar-refractivity contribution is 7.80. The second-order valence-electron chi connectivity index (χ2n) is 3.76. The first-order valence-electron chi connectivity index (χ1n) is 5.26. The Morgan fingerprint density at radius 1 is 1.33 bits per heavy atom. The Bertz CT molecular complexity index is 562. The third-order valence-electron chi connectivity index (χ3n) is 2.59. The number of nitrogens with two attached hydrogens (primary N) is 1. The molecule has 0 saturated heterocycles. The van der Waals surface area contributed by atoms with Crippen LogP contribution in [0.1, 0.15) is 15.9 Å². The molecule has 5 nitrogen and oxygen atoms in total. The van der Waals surface area contributed by atoms with Gasteiger partial charge in [-0.25, -0.2) is 0 Å². The second kappa shape index (κ2) is 4.97. The summed E-state index contributed by atoms with van der Waals surface area (Å²) in [7, 11) is 1.70. The Morgan fingerprint density at radius 2 is 2.00 bits per heavy atom. The Labute approximate surface area is 110 Å². The topological polar surface area (TPSA) is 75.0 Å². The van der Waals surface area contributed by atoms with Gasteiger partial charge >= 0.3 is 0 Å². The van der Waals surface area contributed by atoms with Gasteiger partial charge in [0.1, 0.15) is 4.99 Å². The van der Waals surface area contributed by atoms with E-state index in [0.717, 1.165) is 11.3 Å². The number of nitrogens with zero attached hydrogens (tertiary/aromatic N) is 2. The molecule has 0 atom stereocenters. The first kappa shape index (κ1) is 12.3. The van der Waals surface area contributed by atoms with Gasteiger partial charge in [0.25, 0.3) is 5.91 Å². The van der Waals surface area contributed by atoms with Crippen LogP contribution in [0, 0.1) is 0 Å². The molecule has 3 N–H and O–H groups in total. The van der Waals surface area contributed by atoms with Crippen LogP contribution < -0.4 is 10.6 Å². The van der Waals surface area contributed by atoms with Crippen LogP contribution in [0.5, 0.6) is 0 Å². The molecule has 0 radical (unpaired) electrons. The summed E-state index contributed by atoms with van der Waals surface area (Å²) in [5.41, 5.74) is 7.57. The summed E-state index contributed by atoms with van der Waals surface area (Å²) in [6, 6.07) is 7.17. The van der Waals surface area contributed by atoms with E-state index in [4.69, 9.17) is 18.0 Å². The molecule has 1 amide bonds. The quantitative estimate of drug-likeness (QED) is 0.816. The van der Waals surface area contributed by atoms with Crippen LogP contribution in [0.25, 0.3) is 0 Å². The molecular weight excluding hydrogens is 248 g/mol. The van der Waals surface area contributed by atoms with Crippen molar-refractivity contribution in [3.8, 4) is 0 Å². The lowest BCUT2D eigenvalue weighted by Crippen LogP contribution is -2.25. The van der Waals surface area contributed by atoms with E-state index in [2.05, 4.69) is 10.2 Å². The smallest absolute Gasteiger partial charge is 0.261 e. The predicted molar refractivity (Wildman–Crippen MR) is 73.7 cm³/mol. The zero-order valence-corrected chi connectivity index (χ0v) is 10.6. The standard InChI is InChI=1S/C12H12N4OS/c1-16(12(17)9-6-14-15-7-9)10-4-2-8(3-5-10)11(13)18/h2-7H,1H3,(H2,13,18)(H,14,15). The number of amides is 1. The minimum absolute atomic E-state index is 0.133. The molecule has 2 aromatic rings. The Hall–Kier alpha value is -2.21. The van der Waals surface area contributed by atoms with Crippen molar-refractivity contribution in [2.24, 2.45) is 5.73 Å². The highest BCUT2D eigenvalue weighted by atomic mass is 32.1. The molecule has 1 heterocycles. The third-order valence-corrected chi connectivity index (χ3v) is 2.82. The van der Waals surface area contributed by atoms with Crippen LogP contribution in [-0.4, -0.2) is 28.1 Å². The molecule has 18 heavy (non-hydrogen) atoms. The lowest BCUT2D eigenvalue weighted by atomic mass is 10.2. The molecule has 0 aliphatic heterocycles. The lowest BCUT2D eigenvalue weighted by molar-refractivity contribution is 0.0993. The fourth-order valence-corrected chi connectivity index (χ4v) is 1.66. The number of aromatic nitrogens is 2. The van der Waals surface area contributed by atoms with E-state index in [-0.39, 0.29) is 5.91 Å². The van der Waals surface area contributed by atoms with Crippen molar-refractivity contribution >= 4 is 28.8 Å². The molecule has 0 fully saturated rings. The van der Waals surface area contributed by atoms with Gasteiger partial charge in [-0.2, -0.15) is 5.10 Å². The summed E-state index contributed by atoms with van der Waals surface area (Å²) in [4.78, 5) is 13.9. The second-order valence-corrected chi connectivity index (χ2v) is 4.20. The van der Waals surface area contributed by atoms with E-state index in [9.17, 15) is 4.79 Å². The van der Waals surface area contributed by atoms with Crippen LogP contribution in [0.3, 0.4) is 0 Å². The van der Waals surface area contributed by atoms with Gasteiger partial charge < -0.3 is 10.6 Å². The normalized spacial score (nSPS) is 10.1. The Balaban J connectivity index is 2.21. The molecule has 0 aliphatic rings. The van der Waals surface area contributed by atoms with Gasteiger partial charge in [0.05, 0.1) is 11.8 Å². The molecule has 0 bridgehead atoms.